The van der Waals surface area contributed by atoms with Gasteiger partial charge in [-0.05, 0) is 67.3 Å². The molecule has 0 radical (unpaired) electrons. The lowest BCUT2D eigenvalue weighted by molar-refractivity contribution is 0.0954. The van der Waals surface area contributed by atoms with Crippen LogP contribution in [0.4, 0.5) is 0 Å². The zero-order chi connectivity index (χ0) is 23.5. The van der Waals surface area contributed by atoms with Gasteiger partial charge in [-0.2, -0.15) is 0 Å². The van der Waals surface area contributed by atoms with Crippen LogP contribution in [0.15, 0.2) is 77.6 Å². The van der Waals surface area contributed by atoms with Gasteiger partial charge in [-0.3, -0.25) is 14.3 Å². The molecular weight excluding hydrogens is 426 g/mol. The van der Waals surface area contributed by atoms with Crippen molar-refractivity contribution in [2.24, 2.45) is 0 Å². The van der Waals surface area contributed by atoms with E-state index in [0.29, 0.717) is 23.9 Å². The van der Waals surface area contributed by atoms with Crippen molar-refractivity contribution < 1.29 is 9.90 Å². The van der Waals surface area contributed by atoms with Crippen LogP contribution in [0.5, 0.6) is 5.75 Å². The average Bonchev–Trinajstić information content (AvgIpc) is 3.17. The van der Waals surface area contributed by atoms with Crippen LogP contribution in [0, 0.1) is 0 Å². The second-order valence-electron chi connectivity index (χ2n) is 9.00. The lowest BCUT2D eigenvalue weighted by atomic mass is 9.95. The van der Waals surface area contributed by atoms with Gasteiger partial charge in [-0.1, -0.05) is 49.6 Å². The number of nitrogens with one attached hydrogen (secondary N) is 1. The second kappa shape index (κ2) is 9.59. The van der Waals surface area contributed by atoms with Gasteiger partial charge in [-0.15, -0.1) is 0 Å². The van der Waals surface area contributed by atoms with Gasteiger partial charge in [-0.25, -0.2) is 4.68 Å². The van der Waals surface area contributed by atoms with Crippen LogP contribution in [-0.4, -0.2) is 26.9 Å². The van der Waals surface area contributed by atoms with Crippen molar-refractivity contribution >= 4 is 16.8 Å². The van der Waals surface area contributed by atoms with Crippen molar-refractivity contribution in [2.75, 3.05) is 6.54 Å². The molecule has 1 saturated carbocycles. The number of phenolic OH excluding ortho intramolecular Hbond substituents is 1. The molecule has 0 aliphatic heterocycles. The third-order valence-electron chi connectivity index (χ3n) is 6.67. The van der Waals surface area contributed by atoms with Crippen molar-refractivity contribution in [1.82, 2.24) is 14.7 Å². The van der Waals surface area contributed by atoms with E-state index in [1.807, 2.05) is 42.5 Å². The summed E-state index contributed by atoms with van der Waals surface area (Å²) in [7, 11) is 0. The molecule has 6 nitrogen and oxygen atoms in total. The van der Waals surface area contributed by atoms with Gasteiger partial charge in [0.15, 0.2) is 0 Å². The van der Waals surface area contributed by atoms with Crippen molar-refractivity contribution in [3.05, 3.63) is 94.3 Å². The number of benzene rings is 3. The first-order valence-electron chi connectivity index (χ1n) is 12.0. The van der Waals surface area contributed by atoms with E-state index < -0.39 is 0 Å². The Kier molecular flexibility index (Phi) is 6.21. The van der Waals surface area contributed by atoms with Crippen molar-refractivity contribution in [3.8, 4) is 11.4 Å². The number of hydrogen-bond donors (Lipinski definition) is 2. The van der Waals surface area contributed by atoms with Gasteiger partial charge in [0.05, 0.1) is 22.6 Å². The molecule has 0 unspecified atom stereocenters. The highest BCUT2D eigenvalue weighted by Gasteiger charge is 2.24. The average molecular weight is 456 g/mol. The molecule has 34 heavy (non-hydrogen) atoms. The maximum absolute atomic E-state index is 13.6. The molecule has 174 valence electrons. The Morgan fingerprint density at radius 2 is 1.74 bits per heavy atom. The summed E-state index contributed by atoms with van der Waals surface area (Å²) >= 11 is 0. The van der Waals surface area contributed by atoms with Crippen LogP contribution in [0.2, 0.25) is 0 Å². The minimum absolute atomic E-state index is 0.0961. The highest BCUT2D eigenvalue weighted by Crippen LogP contribution is 2.31. The van der Waals surface area contributed by atoms with Crippen LogP contribution in [0.3, 0.4) is 0 Å². The van der Waals surface area contributed by atoms with Gasteiger partial charge in [0.2, 0.25) is 0 Å². The molecule has 0 bridgehead atoms. The predicted octanol–water partition coefficient (Wildman–Crippen LogP) is 4.98. The van der Waals surface area contributed by atoms with Crippen molar-refractivity contribution in [3.63, 3.8) is 0 Å². The molecule has 1 fully saturated rings. The van der Waals surface area contributed by atoms with Gasteiger partial charge in [0.1, 0.15) is 5.75 Å². The van der Waals surface area contributed by atoms with Gasteiger partial charge in [0, 0.05) is 12.1 Å². The number of amides is 1. The van der Waals surface area contributed by atoms with E-state index >= 15 is 0 Å². The second-order valence-corrected chi connectivity index (χ2v) is 9.00. The molecule has 5 rings (SSSR count). The molecule has 3 aromatic carbocycles. The summed E-state index contributed by atoms with van der Waals surface area (Å²) in [6.45, 7) is 0.442. The fraction of sp³-hybridized carbons (Fsp3) is 0.286. The number of carbonyl (C=O) groups excluding carboxylic acids is 1. The van der Waals surface area contributed by atoms with Crippen LogP contribution in [0.25, 0.3) is 16.6 Å². The lowest BCUT2D eigenvalue weighted by Gasteiger charge is -2.26. The summed E-state index contributed by atoms with van der Waals surface area (Å²) in [5.74, 6) is 0.00424. The van der Waals surface area contributed by atoms with E-state index in [2.05, 4.69) is 10.00 Å². The molecule has 1 aromatic heterocycles. The Morgan fingerprint density at radius 3 is 2.50 bits per heavy atom. The maximum Gasteiger partial charge on any atom is 0.279 e. The Balaban J connectivity index is 1.46. The summed E-state index contributed by atoms with van der Waals surface area (Å²) in [5.41, 5.74) is 3.04. The van der Waals surface area contributed by atoms with Gasteiger partial charge >= 0.3 is 0 Å². The monoisotopic (exact) mass is 455 g/mol. The van der Waals surface area contributed by atoms with Crippen LogP contribution < -0.4 is 10.9 Å². The van der Waals surface area contributed by atoms with Crippen molar-refractivity contribution in [2.45, 2.75) is 44.6 Å². The first-order valence-corrected chi connectivity index (χ1v) is 12.0. The lowest BCUT2D eigenvalue weighted by Crippen LogP contribution is -2.26. The maximum atomic E-state index is 13.6. The number of fused-ring (bicyclic) bond motifs is 1. The third-order valence-corrected chi connectivity index (χ3v) is 6.67. The van der Waals surface area contributed by atoms with Gasteiger partial charge in [0.25, 0.3) is 11.5 Å². The molecule has 1 heterocycles. The summed E-state index contributed by atoms with van der Waals surface area (Å²) in [4.78, 5) is 26.4. The topological polar surface area (TPSA) is 76.3 Å². The highest BCUT2D eigenvalue weighted by molar-refractivity contribution is 5.98. The summed E-state index contributed by atoms with van der Waals surface area (Å²) in [6.07, 6.45) is 6.26. The normalized spacial score (nSPS) is 14.4. The van der Waals surface area contributed by atoms with E-state index in [0.717, 1.165) is 42.5 Å². The number of nitrogens with zero attached hydrogens (tertiary/aromatic N) is 2. The molecule has 6 heteroatoms. The number of rotatable bonds is 6. The van der Waals surface area contributed by atoms with E-state index in [-0.39, 0.29) is 23.3 Å². The number of aromatic nitrogens is 2. The van der Waals surface area contributed by atoms with Crippen LogP contribution >= 0.6 is 0 Å². The minimum Gasteiger partial charge on any atom is -0.508 e. The molecule has 1 amide bonds. The number of aromatic hydroxyl groups is 1. The molecule has 0 atom stereocenters. The van der Waals surface area contributed by atoms with E-state index in [4.69, 9.17) is 0 Å². The van der Waals surface area contributed by atoms with E-state index in [1.54, 1.807) is 35.0 Å². The molecule has 4 aromatic rings. The van der Waals surface area contributed by atoms with Crippen LogP contribution in [-0.2, 0) is 6.42 Å². The smallest absolute Gasteiger partial charge is 0.279 e. The standard InChI is InChI=1S/C28H29N3O3/c32-24-13-7-8-20(18-24)16-17-29-27(33)21-14-15-26-25(19-21)28(34)31(23-11-5-2-6-12-23)30(26)22-9-3-1-4-10-22/h2,5-8,11-15,18-19,22,32H,1,3-4,9-10,16-17H2,(H,29,33). The Morgan fingerprint density at radius 1 is 0.941 bits per heavy atom. The third kappa shape index (κ3) is 4.36. The molecule has 1 aliphatic rings. The van der Waals surface area contributed by atoms with E-state index in [1.165, 1.54) is 6.42 Å². The number of hydrogen-bond acceptors (Lipinski definition) is 3. The van der Waals surface area contributed by atoms with Crippen LogP contribution in [0.1, 0.15) is 54.1 Å². The summed E-state index contributed by atoms with van der Waals surface area (Å²) in [6, 6.07) is 22.5. The Bertz CT molecular complexity index is 1360. The number of carbonyl (C=O) groups is 1. The minimum atomic E-state index is -0.210. The molecule has 0 spiro atoms. The number of phenols is 1. The zero-order valence-corrected chi connectivity index (χ0v) is 19.1. The fourth-order valence-corrected chi connectivity index (χ4v) is 5.00. The summed E-state index contributed by atoms with van der Waals surface area (Å²) in [5, 5.41) is 13.1. The van der Waals surface area contributed by atoms with Gasteiger partial charge < -0.3 is 10.4 Å². The molecule has 1 aliphatic carbocycles. The Hall–Kier alpha value is -3.80. The first kappa shape index (κ1) is 22.0. The molecular formula is C28H29N3O3. The SMILES string of the molecule is O=C(NCCc1cccc(O)c1)c1ccc2c(c1)c(=O)n(-c1ccccc1)n2C1CCCCC1. The predicted molar refractivity (Wildman–Crippen MR) is 134 cm³/mol. The highest BCUT2D eigenvalue weighted by atomic mass is 16.3. The largest absolute Gasteiger partial charge is 0.508 e. The van der Waals surface area contributed by atoms with Crippen molar-refractivity contribution in [1.29, 1.82) is 0 Å². The fourth-order valence-electron chi connectivity index (χ4n) is 5.00. The number of para-hydroxylation sites is 1. The Labute approximate surface area is 198 Å². The quantitative estimate of drug-likeness (QED) is 0.431. The van der Waals surface area contributed by atoms with E-state index in [9.17, 15) is 14.7 Å². The zero-order valence-electron chi connectivity index (χ0n) is 19.1. The first-order chi connectivity index (χ1) is 16.6. The summed E-state index contributed by atoms with van der Waals surface area (Å²) < 4.78 is 3.93. The molecule has 0 saturated heterocycles. The molecule has 2 N–H and O–H groups in total.